The molecule has 3 aromatic rings. The van der Waals surface area contributed by atoms with Gasteiger partial charge in [0.05, 0.1) is 22.5 Å². The third-order valence-electron chi connectivity index (χ3n) is 8.04. The molecule has 4 bridgehead atoms. The maximum atomic E-state index is 13.3. The van der Waals surface area contributed by atoms with Crippen LogP contribution in [0.15, 0.2) is 59.5 Å². The predicted molar refractivity (Wildman–Crippen MR) is 141 cm³/mol. The number of aryl methyl sites for hydroxylation is 1. The molecule has 4 aliphatic rings. The van der Waals surface area contributed by atoms with E-state index in [9.17, 15) is 9.59 Å². The summed E-state index contributed by atoms with van der Waals surface area (Å²) >= 11 is 1.44. The van der Waals surface area contributed by atoms with Gasteiger partial charge < -0.3 is 10.6 Å². The fourth-order valence-electron chi connectivity index (χ4n) is 7.05. The van der Waals surface area contributed by atoms with Gasteiger partial charge in [-0.3, -0.25) is 14.6 Å². The fraction of sp³-hybridized carbons (Fsp3) is 0.414. The van der Waals surface area contributed by atoms with Crippen LogP contribution in [0.5, 0.6) is 0 Å². The van der Waals surface area contributed by atoms with Gasteiger partial charge in [-0.15, -0.1) is 11.8 Å². The van der Waals surface area contributed by atoms with Crippen LogP contribution in [0.3, 0.4) is 0 Å². The van der Waals surface area contributed by atoms with E-state index in [1.165, 1.54) is 31.0 Å². The number of hydrogen-bond donors (Lipinski definition) is 2. The molecule has 0 atom stereocenters. The Balaban J connectivity index is 1.14. The maximum Gasteiger partial charge on any atom is 0.256 e. The Morgan fingerprint density at radius 2 is 1.66 bits per heavy atom. The van der Waals surface area contributed by atoms with Gasteiger partial charge in [-0.05, 0) is 87.5 Å². The highest BCUT2D eigenvalue weighted by molar-refractivity contribution is 8.00. The Kier molecular flexibility index (Phi) is 5.79. The first-order chi connectivity index (χ1) is 17.0. The number of amides is 2. The molecule has 0 saturated heterocycles. The Hall–Kier alpha value is -2.86. The smallest absolute Gasteiger partial charge is 0.256 e. The topological polar surface area (TPSA) is 71.1 Å². The average molecular weight is 486 g/mol. The molecule has 2 aromatic carbocycles. The summed E-state index contributed by atoms with van der Waals surface area (Å²) in [6.07, 6.45) is 7.52. The van der Waals surface area contributed by atoms with Gasteiger partial charge in [-0.2, -0.15) is 0 Å². The molecule has 0 spiro atoms. The molecule has 4 saturated carbocycles. The van der Waals surface area contributed by atoms with Gasteiger partial charge >= 0.3 is 0 Å². The molecule has 5 nitrogen and oxygen atoms in total. The summed E-state index contributed by atoms with van der Waals surface area (Å²) in [5.74, 6) is 2.61. The molecule has 2 N–H and O–H groups in total. The molecular weight excluding hydrogens is 454 g/mol. The van der Waals surface area contributed by atoms with Crippen LogP contribution < -0.4 is 10.6 Å². The molecule has 1 aromatic heterocycles. The maximum absolute atomic E-state index is 13.3. The van der Waals surface area contributed by atoms with E-state index >= 15 is 0 Å². The van der Waals surface area contributed by atoms with E-state index in [1.54, 1.807) is 0 Å². The van der Waals surface area contributed by atoms with Gasteiger partial charge in [0, 0.05) is 21.5 Å². The van der Waals surface area contributed by atoms with Crippen LogP contribution >= 0.6 is 11.8 Å². The van der Waals surface area contributed by atoms with Gasteiger partial charge in [0.15, 0.2) is 0 Å². The van der Waals surface area contributed by atoms with E-state index in [0.29, 0.717) is 17.0 Å². The Bertz CT molecular complexity index is 1270. The molecule has 4 aliphatic carbocycles. The summed E-state index contributed by atoms with van der Waals surface area (Å²) in [5, 5.41) is 7.47. The summed E-state index contributed by atoms with van der Waals surface area (Å²) in [6, 6.07) is 17.3. The quantitative estimate of drug-likeness (QED) is 0.422. The number of hydrogen-bond acceptors (Lipinski definition) is 4. The van der Waals surface area contributed by atoms with E-state index in [1.807, 2.05) is 61.5 Å². The number of fused-ring (bicyclic) bond motifs is 1. The number of benzene rings is 2. The molecule has 180 valence electrons. The number of anilines is 1. The van der Waals surface area contributed by atoms with Crippen molar-refractivity contribution in [3.8, 4) is 0 Å². The van der Waals surface area contributed by atoms with Crippen molar-refractivity contribution in [2.75, 3.05) is 11.1 Å². The van der Waals surface area contributed by atoms with Gasteiger partial charge in [0.1, 0.15) is 0 Å². The lowest BCUT2D eigenvalue weighted by Gasteiger charge is -2.56. The van der Waals surface area contributed by atoms with Gasteiger partial charge in [-0.25, -0.2) is 0 Å². The third kappa shape index (κ3) is 4.56. The first-order valence-electron chi connectivity index (χ1n) is 12.7. The van der Waals surface area contributed by atoms with Crippen LogP contribution in [0.4, 0.5) is 5.69 Å². The normalized spacial score (nSPS) is 26.6. The van der Waals surface area contributed by atoms with Crippen molar-refractivity contribution in [1.82, 2.24) is 10.3 Å². The Labute approximate surface area is 210 Å². The van der Waals surface area contributed by atoms with Crippen LogP contribution in [0.1, 0.15) is 54.6 Å². The van der Waals surface area contributed by atoms with E-state index in [4.69, 9.17) is 0 Å². The highest BCUT2D eigenvalue weighted by Crippen LogP contribution is 2.55. The lowest BCUT2D eigenvalue weighted by atomic mass is 9.53. The third-order valence-corrected chi connectivity index (χ3v) is 9.11. The second-order valence-electron chi connectivity index (χ2n) is 10.8. The first kappa shape index (κ1) is 22.6. The van der Waals surface area contributed by atoms with Crippen molar-refractivity contribution in [3.05, 3.63) is 65.9 Å². The molecule has 4 fully saturated rings. The average Bonchev–Trinajstić information content (AvgIpc) is 2.82. The van der Waals surface area contributed by atoms with Crippen LogP contribution in [-0.4, -0.2) is 28.1 Å². The van der Waals surface area contributed by atoms with E-state index in [2.05, 4.69) is 15.6 Å². The minimum absolute atomic E-state index is 0.0166. The van der Waals surface area contributed by atoms with Crippen molar-refractivity contribution >= 4 is 40.2 Å². The molecule has 6 heteroatoms. The van der Waals surface area contributed by atoms with Crippen LogP contribution in [0.2, 0.25) is 0 Å². The zero-order chi connectivity index (χ0) is 24.0. The lowest BCUT2D eigenvalue weighted by molar-refractivity contribution is -0.124. The minimum atomic E-state index is -0.189. The summed E-state index contributed by atoms with van der Waals surface area (Å²) in [4.78, 5) is 31.7. The molecule has 0 unspecified atom stereocenters. The first-order valence-corrected chi connectivity index (χ1v) is 13.7. The van der Waals surface area contributed by atoms with Crippen LogP contribution in [-0.2, 0) is 4.79 Å². The van der Waals surface area contributed by atoms with Gasteiger partial charge in [0.25, 0.3) is 5.91 Å². The van der Waals surface area contributed by atoms with E-state index in [0.717, 1.165) is 58.5 Å². The van der Waals surface area contributed by atoms with Crippen molar-refractivity contribution in [1.29, 1.82) is 0 Å². The Morgan fingerprint density at radius 3 is 2.40 bits per heavy atom. The molecule has 7 rings (SSSR count). The van der Waals surface area contributed by atoms with Crippen molar-refractivity contribution in [2.24, 2.45) is 17.8 Å². The van der Waals surface area contributed by atoms with Gasteiger partial charge in [0.2, 0.25) is 5.91 Å². The Morgan fingerprint density at radius 1 is 0.943 bits per heavy atom. The number of carbonyl (C=O) groups excluding carboxylic acids is 2. The molecule has 1 heterocycles. The molecule has 0 radical (unpaired) electrons. The lowest BCUT2D eigenvalue weighted by Crippen LogP contribution is -2.60. The second-order valence-corrected chi connectivity index (χ2v) is 11.8. The van der Waals surface area contributed by atoms with Gasteiger partial charge in [-0.1, -0.05) is 30.3 Å². The van der Waals surface area contributed by atoms with Crippen molar-refractivity contribution < 1.29 is 9.59 Å². The summed E-state index contributed by atoms with van der Waals surface area (Å²) in [7, 11) is 0. The zero-order valence-corrected chi connectivity index (χ0v) is 20.9. The fourth-order valence-corrected chi connectivity index (χ4v) is 7.90. The number of nitrogens with zero attached hydrogens (tertiary/aromatic N) is 1. The molecule has 0 aliphatic heterocycles. The number of rotatable bonds is 6. The molecule has 2 amide bonds. The summed E-state index contributed by atoms with van der Waals surface area (Å²) in [6.45, 7) is 1.94. The number of para-hydroxylation sites is 1. The standard InChI is InChI=1S/C29H31N3O2S/c1-18-9-10-22-5-4-7-24(27(22)30-18)31-28(34)23-6-2-3-8-25(23)35-17-26(33)32-29-14-19-11-20(15-29)13-21(12-19)16-29/h2-10,19-21H,11-17H2,1H3,(H,31,34)(H,32,33). The summed E-state index contributed by atoms with van der Waals surface area (Å²) < 4.78 is 0. The largest absolute Gasteiger partial charge is 0.350 e. The zero-order valence-electron chi connectivity index (χ0n) is 20.0. The van der Waals surface area contributed by atoms with Crippen molar-refractivity contribution in [2.45, 2.75) is 55.9 Å². The van der Waals surface area contributed by atoms with E-state index in [-0.39, 0.29) is 17.4 Å². The highest BCUT2D eigenvalue weighted by atomic mass is 32.2. The number of thioether (sulfide) groups is 1. The highest BCUT2D eigenvalue weighted by Gasteiger charge is 2.51. The molecular formula is C29H31N3O2S. The van der Waals surface area contributed by atoms with Crippen LogP contribution in [0, 0.1) is 24.7 Å². The number of nitrogens with one attached hydrogen (secondary N) is 2. The number of carbonyl (C=O) groups is 2. The number of aromatic nitrogens is 1. The monoisotopic (exact) mass is 485 g/mol. The minimum Gasteiger partial charge on any atom is -0.350 e. The van der Waals surface area contributed by atoms with E-state index < -0.39 is 0 Å². The van der Waals surface area contributed by atoms with Crippen LogP contribution in [0.25, 0.3) is 10.9 Å². The SMILES string of the molecule is Cc1ccc2cccc(NC(=O)c3ccccc3SCC(=O)NC34CC5CC(CC(C5)C3)C4)c2n1. The predicted octanol–water partition coefficient (Wildman–Crippen LogP) is 5.97. The van der Waals surface area contributed by atoms with Crippen molar-refractivity contribution in [3.63, 3.8) is 0 Å². The molecule has 35 heavy (non-hydrogen) atoms. The number of pyridine rings is 1. The summed E-state index contributed by atoms with van der Waals surface area (Å²) in [5.41, 5.74) is 2.96. The second kappa shape index (κ2) is 8.98.